The van der Waals surface area contributed by atoms with Crippen LogP contribution in [0.1, 0.15) is 63.5 Å². The molecule has 1 unspecified atom stereocenters. The van der Waals surface area contributed by atoms with Gasteiger partial charge in [-0.1, -0.05) is 112 Å². The van der Waals surface area contributed by atoms with Crippen molar-refractivity contribution in [3.63, 3.8) is 0 Å². The van der Waals surface area contributed by atoms with E-state index in [1.54, 1.807) is 5.48 Å². The number of tetrazole rings is 1. The second-order valence-electron chi connectivity index (χ2n) is 11.8. The standard InChI is InChI=1S/C35H43N7O4/c1-4-5-11-20-42(23-25-16-18-27(19-17-25)28-14-9-10-15-29(28)32-37-40-41-38-32)35(45)31(26-12-7-6-8-13-26)22-36-33(43)30(21-24(2)3)34(44)39-46/h6-10,12-19,24,30-31,46H,4-5,11,20-23H2,1-3H3,(H,36,43)(H,39,44)(H,37,38,40,41)/t30?,31-/m1/s1. The summed E-state index contributed by atoms with van der Waals surface area (Å²) in [6, 6.07) is 25.3. The molecule has 0 saturated carbocycles. The number of benzene rings is 3. The Morgan fingerprint density at radius 1 is 0.891 bits per heavy atom. The largest absolute Gasteiger partial charge is 0.354 e. The number of H-pyrrole nitrogens is 1. The molecule has 0 saturated heterocycles. The first-order valence-electron chi connectivity index (χ1n) is 15.8. The van der Waals surface area contributed by atoms with E-state index in [0.717, 1.165) is 47.1 Å². The van der Waals surface area contributed by atoms with Crippen LogP contribution in [0.25, 0.3) is 22.5 Å². The van der Waals surface area contributed by atoms with E-state index in [1.165, 1.54) is 0 Å². The Labute approximate surface area is 269 Å². The Morgan fingerprint density at radius 2 is 1.59 bits per heavy atom. The third-order valence-electron chi connectivity index (χ3n) is 7.93. The topological polar surface area (TPSA) is 153 Å². The minimum absolute atomic E-state index is 0.0189. The molecule has 0 aliphatic carbocycles. The van der Waals surface area contributed by atoms with E-state index in [0.29, 0.717) is 18.9 Å². The maximum Gasteiger partial charge on any atom is 0.255 e. The number of hydrogen-bond donors (Lipinski definition) is 4. The Bertz CT molecular complexity index is 1540. The van der Waals surface area contributed by atoms with Gasteiger partial charge < -0.3 is 10.2 Å². The third kappa shape index (κ3) is 9.07. The van der Waals surface area contributed by atoms with E-state index in [1.807, 2.05) is 97.6 Å². The highest BCUT2D eigenvalue weighted by Gasteiger charge is 2.31. The zero-order valence-electron chi connectivity index (χ0n) is 26.6. The van der Waals surface area contributed by atoms with Crippen molar-refractivity contribution in [2.75, 3.05) is 13.1 Å². The van der Waals surface area contributed by atoms with Crippen LogP contribution >= 0.6 is 0 Å². The number of carbonyl (C=O) groups is 3. The first-order chi connectivity index (χ1) is 22.3. The summed E-state index contributed by atoms with van der Waals surface area (Å²) in [5, 5.41) is 26.5. The average molecular weight is 626 g/mol. The van der Waals surface area contributed by atoms with E-state index in [9.17, 15) is 19.6 Å². The van der Waals surface area contributed by atoms with Crippen LogP contribution in [0.2, 0.25) is 0 Å². The van der Waals surface area contributed by atoms with Crippen molar-refractivity contribution >= 4 is 17.7 Å². The summed E-state index contributed by atoms with van der Waals surface area (Å²) >= 11 is 0. The minimum atomic E-state index is -1.07. The lowest BCUT2D eigenvalue weighted by molar-refractivity contribution is -0.141. The van der Waals surface area contributed by atoms with Gasteiger partial charge in [0.1, 0.15) is 5.92 Å². The molecular weight excluding hydrogens is 582 g/mol. The van der Waals surface area contributed by atoms with Gasteiger partial charge in [-0.25, -0.2) is 5.48 Å². The predicted octanol–water partition coefficient (Wildman–Crippen LogP) is 5.12. The molecule has 3 amide bonds. The lowest BCUT2D eigenvalue weighted by atomic mass is 9.94. The monoisotopic (exact) mass is 625 g/mol. The van der Waals surface area contributed by atoms with Gasteiger partial charge in [-0.05, 0) is 46.2 Å². The molecule has 0 aliphatic rings. The molecule has 46 heavy (non-hydrogen) atoms. The van der Waals surface area contributed by atoms with Crippen LogP contribution in [0.3, 0.4) is 0 Å². The fraction of sp³-hybridized carbons (Fsp3) is 0.371. The summed E-state index contributed by atoms with van der Waals surface area (Å²) in [4.78, 5) is 41.6. The second kappa shape index (κ2) is 17.0. The average Bonchev–Trinajstić information content (AvgIpc) is 3.62. The quantitative estimate of drug-likeness (QED) is 0.0583. The van der Waals surface area contributed by atoms with Crippen molar-refractivity contribution in [1.29, 1.82) is 0 Å². The van der Waals surface area contributed by atoms with Crippen molar-refractivity contribution in [2.24, 2.45) is 11.8 Å². The maximum absolute atomic E-state index is 14.3. The van der Waals surface area contributed by atoms with Gasteiger partial charge in [-0.2, -0.15) is 5.21 Å². The number of nitrogens with zero attached hydrogens (tertiary/aromatic N) is 4. The summed E-state index contributed by atoms with van der Waals surface area (Å²) in [6.07, 6.45) is 3.11. The number of aromatic amines is 1. The van der Waals surface area contributed by atoms with Gasteiger partial charge in [0.2, 0.25) is 17.6 Å². The van der Waals surface area contributed by atoms with Gasteiger partial charge in [0.25, 0.3) is 5.91 Å². The fourth-order valence-electron chi connectivity index (χ4n) is 5.50. The van der Waals surface area contributed by atoms with Gasteiger partial charge in [0.15, 0.2) is 0 Å². The smallest absolute Gasteiger partial charge is 0.255 e. The van der Waals surface area contributed by atoms with Gasteiger partial charge in [0.05, 0.1) is 5.92 Å². The van der Waals surface area contributed by atoms with Gasteiger partial charge >= 0.3 is 0 Å². The minimum Gasteiger partial charge on any atom is -0.354 e. The molecule has 3 aromatic carbocycles. The zero-order valence-corrected chi connectivity index (χ0v) is 26.6. The van der Waals surface area contributed by atoms with Crippen LogP contribution < -0.4 is 10.8 Å². The van der Waals surface area contributed by atoms with E-state index < -0.39 is 23.7 Å². The number of nitrogens with one attached hydrogen (secondary N) is 3. The highest BCUT2D eigenvalue weighted by atomic mass is 16.5. The molecule has 1 heterocycles. The second-order valence-corrected chi connectivity index (χ2v) is 11.8. The molecular formula is C35H43N7O4. The lowest BCUT2D eigenvalue weighted by Gasteiger charge is -2.29. The molecule has 11 nitrogen and oxygen atoms in total. The molecule has 1 aromatic heterocycles. The van der Waals surface area contributed by atoms with E-state index in [2.05, 4.69) is 32.9 Å². The molecule has 0 aliphatic heterocycles. The van der Waals surface area contributed by atoms with Crippen molar-refractivity contribution in [3.05, 3.63) is 90.0 Å². The predicted molar refractivity (Wildman–Crippen MR) is 175 cm³/mol. The van der Waals surface area contributed by atoms with Gasteiger partial charge in [-0.3, -0.25) is 19.6 Å². The highest BCUT2D eigenvalue weighted by Crippen LogP contribution is 2.30. The molecule has 0 bridgehead atoms. The number of aromatic nitrogens is 4. The summed E-state index contributed by atoms with van der Waals surface area (Å²) in [7, 11) is 0. The molecule has 4 N–H and O–H groups in total. The van der Waals surface area contributed by atoms with Gasteiger partial charge in [-0.15, -0.1) is 10.2 Å². The first-order valence-corrected chi connectivity index (χ1v) is 15.8. The molecule has 242 valence electrons. The number of amides is 3. The van der Waals surface area contributed by atoms with Crippen molar-refractivity contribution < 1.29 is 19.6 Å². The molecule has 4 rings (SSSR count). The first kappa shape index (κ1) is 34.0. The number of hydroxylamine groups is 1. The van der Waals surface area contributed by atoms with Crippen LogP contribution in [-0.4, -0.2) is 61.5 Å². The normalized spacial score (nSPS) is 12.4. The Balaban J connectivity index is 1.56. The number of rotatable bonds is 16. The van der Waals surface area contributed by atoms with Crippen LogP contribution in [0.15, 0.2) is 78.9 Å². The van der Waals surface area contributed by atoms with Crippen molar-refractivity contribution in [1.82, 2.24) is 36.3 Å². The van der Waals surface area contributed by atoms with Crippen molar-refractivity contribution in [2.45, 2.75) is 58.9 Å². The van der Waals surface area contributed by atoms with Gasteiger partial charge in [0, 0.05) is 25.2 Å². The van der Waals surface area contributed by atoms with Crippen LogP contribution in [0.5, 0.6) is 0 Å². The van der Waals surface area contributed by atoms with Crippen molar-refractivity contribution in [3.8, 4) is 22.5 Å². The molecule has 4 aromatic rings. The lowest BCUT2D eigenvalue weighted by Crippen LogP contribution is -2.45. The summed E-state index contributed by atoms with van der Waals surface area (Å²) in [6.45, 7) is 6.90. The number of hydrogen-bond acceptors (Lipinski definition) is 7. The maximum atomic E-state index is 14.3. The van der Waals surface area contributed by atoms with Crippen LogP contribution in [0.4, 0.5) is 0 Å². The fourth-order valence-corrected chi connectivity index (χ4v) is 5.50. The highest BCUT2D eigenvalue weighted by molar-refractivity contribution is 6.00. The number of unbranched alkanes of at least 4 members (excludes halogenated alkanes) is 2. The van der Waals surface area contributed by atoms with Crippen LogP contribution in [-0.2, 0) is 20.9 Å². The summed E-state index contributed by atoms with van der Waals surface area (Å²) in [5.74, 6) is -2.57. The van der Waals surface area contributed by atoms with E-state index in [-0.39, 0.29) is 24.8 Å². The Hall–Kier alpha value is -4.90. The summed E-state index contributed by atoms with van der Waals surface area (Å²) < 4.78 is 0. The molecule has 11 heteroatoms. The Morgan fingerprint density at radius 3 is 2.22 bits per heavy atom. The molecule has 0 spiro atoms. The van der Waals surface area contributed by atoms with E-state index in [4.69, 9.17) is 0 Å². The van der Waals surface area contributed by atoms with Crippen LogP contribution in [0, 0.1) is 11.8 Å². The summed E-state index contributed by atoms with van der Waals surface area (Å²) in [5.41, 5.74) is 6.17. The number of carbonyl (C=O) groups excluding carboxylic acids is 3. The van der Waals surface area contributed by atoms with E-state index >= 15 is 0 Å². The molecule has 2 atom stereocenters. The molecule has 0 radical (unpaired) electrons. The Kier molecular flexibility index (Phi) is 12.5. The SMILES string of the molecule is CCCCCN(Cc1ccc(-c2ccccc2-c2nn[nH]n2)cc1)C(=O)[C@H](CNC(=O)C(CC(C)C)C(=O)NO)c1ccccc1. The zero-order chi connectivity index (χ0) is 32.9. The molecule has 0 fully saturated rings. The third-order valence-corrected chi connectivity index (χ3v) is 7.93.